The summed E-state index contributed by atoms with van der Waals surface area (Å²) >= 11 is 1.59. The lowest BCUT2D eigenvalue weighted by Gasteiger charge is -2.03. The molecule has 0 saturated heterocycles. The van der Waals surface area contributed by atoms with Gasteiger partial charge in [-0.25, -0.2) is 4.98 Å². The van der Waals surface area contributed by atoms with Crippen molar-refractivity contribution in [3.8, 4) is 0 Å². The van der Waals surface area contributed by atoms with Crippen LogP contribution in [0.3, 0.4) is 0 Å². The fourth-order valence-electron chi connectivity index (χ4n) is 1.58. The summed E-state index contributed by atoms with van der Waals surface area (Å²) in [4.78, 5) is 18.4. The number of nitrogens with one attached hydrogen (secondary N) is 2. The van der Waals surface area contributed by atoms with Crippen LogP contribution in [0, 0.1) is 6.92 Å². The molecule has 0 bridgehead atoms. The number of aromatic amines is 1. The number of rotatable bonds is 4. The van der Waals surface area contributed by atoms with Crippen molar-refractivity contribution in [1.82, 2.24) is 9.97 Å². The number of anilines is 1. The summed E-state index contributed by atoms with van der Waals surface area (Å²) in [6.07, 6.45) is 0.947. The van der Waals surface area contributed by atoms with Gasteiger partial charge in [-0.1, -0.05) is 6.92 Å². The molecule has 0 aliphatic heterocycles. The Bertz CT molecular complexity index is 559. The maximum absolute atomic E-state index is 11.3. The molecule has 0 amide bonds. The molecular formula is C12H15N3OS. The molecule has 2 N–H and O–H groups in total. The molecule has 2 aromatic heterocycles. The molecule has 0 fully saturated rings. The van der Waals surface area contributed by atoms with E-state index in [9.17, 15) is 4.79 Å². The van der Waals surface area contributed by atoms with E-state index < -0.39 is 0 Å². The average molecular weight is 249 g/mol. The zero-order valence-corrected chi connectivity index (χ0v) is 10.7. The molecule has 0 aliphatic carbocycles. The number of hydrogen-bond acceptors (Lipinski definition) is 4. The molecule has 4 nitrogen and oxygen atoms in total. The number of nitrogens with zero attached hydrogens (tertiary/aromatic N) is 1. The number of aryl methyl sites for hydroxylation is 2. The van der Waals surface area contributed by atoms with Crippen LogP contribution in [0.15, 0.2) is 22.3 Å². The number of thiazole rings is 1. The Labute approximate surface area is 104 Å². The molecule has 0 aromatic carbocycles. The van der Waals surface area contributed by atoms with Crippen LogP contribution in [0.5, 0.6) is 0 Å². The monoisotopic (exact) mass is 249 g/mol. The SMILES string of the molecule is CCc1csc(NCc2cc(C)[nH]c(=O)c2)n1. The second kappa shape index (κ2) is 5.14. The first-order chi connectivity index (χ1) is 8.17. The third kappa shape index (κ3) is 3.17. The van der Waals surface area contributed by atoms with E-state index in [1.165, 1.54) is 0 Å². The van der Waals surface area contributed by atoms with Crippen LogP contribution in [0.2, 0.25) is 0 Å². The van der Waals surface area contributed by atoms with Gasteiger partial charge >= 0.3 is 0 Å². The van der Waals surface area contributed by atoms with E-state index in [0.717, 1.165) is 28.5 Å². The zero-order chi connectivity index (χ0) is 12.3. The lowest BCUT2D eigenvalue weighted by Crippen LogP contribution is -2.09. The minimum Gasteiger partial charge on any atom is -0.357 e. The third-order valence-electron chi connectivity index (χ3n) is 2.40. The van der Waals surface area contributed by atoms with Gasteiger partial charge in [0.1, 0.15) is 0 Å². The predicted octanol–water partition coefficient (Wildman–Crippen LogP) is 2.31. The van der Waals surface area contributed by atoms with Gasteiger partial charge in [-0.3, -0.25) is 4.79 Å². The molecule has 90 valence electrons. The Hall–Kier alpha value is -1.62. The van der Waals surface area contributed by atoms with E-state index in [2.05, 4.69) is 22.2 Å². The smallest absolute Gasteiger partial charge is 0.248 e. The van der Waals surface area contributed by atoms with Crippen LogP contribution in [-0.2, 0) is 13.0 Å². The van der Waals surface area contributed by atoms with Crippen molar-refractivity contribution in [2.75, 3.05) is 5.32 Å². The zero-order valence-electron chi connectivity index (χ0n) is 9.91. The van der Waals surface area contributed by atoms with Crippen LogP contribution >= 0.6 is 11.3 Å². The van der Waals surface area contributed by atoms with Crippen molar-refractivity contribution in [2.24, 2.45) is 0 Å². The average Bonchev–Trinajstić information content (AvgIpc) is 2.73. The van der Waals surface area contributed by atoms with Crippen molar-refractivity contribution in [2.45, 2.75) is 26.8 Å². The van der Waals surface area contributed by atoms with Crippen molar-refractivity contribution >= 4 is 16.5 Å². The van der Waals surface area contributed by atoms with Crippen LogP contribution in [0.25, 0.3) is 0 Å². The maximum atomic E-state index is 11.3. The van der Waals surface area contributed by atoms with Crippen LogP contribution in [-0.4, -0.2) is 9.97 Å². The first-order valence-electron chi connectivity index (χ1n) is 5.55. The van der Waals surface area contributed by atoms with Gasteiger partial charge in [0, 0.05) is 23.7 Å². The van der Waals surface area contributed by atoms with Crippen LogP contribution < -0.4 is 10.9 Å². The second-order valence-electron chi connectivity index (χ2n) is 3.89. The van der Waals surface area contributed by atoms with E-state index >= 15 is 0 Å². The molecular weight excluding hydrogens is 234 g/mol. The molecule has 2 heterocycles. The molecule has 0 atom stereocenters. The first-order valence-corrected chi connectivity index (χ1v) is 6.43. The summed E-state index contributed by atoms with van der Waals surface area (Å²) in [5, 5.41) is 6.17. The lowest BCUT2D eigenvalue weighted by atomic mass is 10.2. The van der Waals surface area contributed by atoms with Crippen molar-refractivity contribution < 1.29 is 0 Å². The van der Waals surface area contributed by atoms with Gasteiger partial charge in [0.15, 0.2) is 5.13 Å². The summed E-state index contributed by atoms with van der Waals surface area (Å²) < 4.78 is 0. The van der Waals surface area contributed by atoms with Crippen molar-refractivity contribution in [3.63, 3.8) is 0 Å². The molecule has 2 rings (SSSR count). The Morgan fingerprint density at radius 3 is 2.94 bits per heavy atom. The van der Waals surface area contributed by atoms with Gasteiger partial charge in [0.05, 0.1) is 5.69 Å². The van der Waals surface area contributed by atoms with Gasteiger partial charge < -0.3 is 10.3 Å². The molecule has 0 unspecified atom stereocenters. The van der Waals surface area contributed by atoms with Gasteiger partial charge in [-0.05, 0) is 25.0 Å². The molecule has 0 radical (unpaired) electrons. The highest BCUT2D eigenvalue weighted by Gasteiger charge is 2.01. The highest BCUT2D eigenvalue weighted by Crippen LogP contribution is 2.16. The van der Waals surface area contributed by atoms with Gasteiger partial charge in [-0.2, -0.15) is 0 Å². The van der Waals surface area contributed by atoms with Crippen LogP contribution in [0.4, 0.5) is 5.13 Å². The first kappa shape index (κ1) is 11.9. The highest BCUT2D eigenvalue weighted by molar-refractivity contribution is 7.13. The quantitative estimate of drug-likeness (QED) is 0.874. The lowest BCUT2D eigenvalue weighted by molar-refractivity contribution is 1.03. The van der Waals surface area contributed by atoms with Crippen molar-refractivity contribution in [1.29, 1.82) is 0 Å². The normalized spacial score (nSPS) is 10.5. The fourth-order valence-corrected chi connectivity index (χ4v) is 2.38. The van der Waals surface area contributed by atoms with Crippen LogP contribution in [0.1, 0.15) is 23.9 Å². The van der Waals surface area contributed by atoms with E-state index in [1.54, 1.807) is 17.4 Å². The number of hydrogen-bond donors (Lipinski definition) is 2. The van der Waals surface area contributed by atoms with Gasteiger partial charge in [0.25, 0.3) is 0 Å². The van der Waals surface area contributed by atoms with Crippen molar-refractivity contribution in [3.05, 3.63) is 44.8 Å². The number of H-pyrrole nitrogens is 1. The number of aromatic nitrogens is 2. The highest BCUT2D eigenvalue weighted by atomic mass is 32.1. The largest absolute Gasteiger partial charge is 0.357 e. The summed E-state index contributed by atoms with van der Waals surface area (Å²) in [5.41, 5.74) is 2.89. The standard InChI is InChI=1S/C12H15N3OS/c1-3-10-7-17-12(15-10)13-6-9-4-8(2)14-11(16)5-9/h4-5,7H,3,6H2,1-2H3,(H,13,15)(H,14,16). The van der Waals surface area contributed by atoms with E-state index in [4.69, 9.17) is 0 Å². The third-order valence-corrected chi connectivity index (χ3v) is 3.25. The minimum absolute atomic E-state index is 0.0600. The Kier molecular flexibility index (Phi) is 3.58. The fraction of sp³-hybridized carbons (Fsp3) is 0.333. The summed E-state index contributed by atoms with van der Waals surface area (Å²) in [6, 6.07) is 3.57. The summed E-state index contributed by atoms with van der Waals surface area (Å²) in [7, 11) is 0. The Balaban J connectivity index is 2.04. The minimum atomic E-state index is -0.0600. The van der Waals surface area contributed by atoms with E-state index in [-0.39, 0.29) is 5.56 Å². The molecule has 17 heavy (non-hydrogen) atoms. The Morgan fingerprint density at radius 2 is 2.29 bits per heavy atom. The topological polar surface area (TPSA) is 57.8 Å². The van der Waals surface area contributed by atoms with Gasteiger partial charge in [0.2, 0.25) is 5.56 Å². The molecule has 0 saturated carbocycles. The second-order valence-corrected chi connectivity index (χ2v) is 4.75. The molecule has 2 aromatic rings. The number of pyridine rings is 1. The molecule has 5 heteroatoms. The van der Waals surface area contributed by atoms with Gasteiger partial charge in [-0.15, -0.1) is 11.3 Å². The van der Waals surface area contributed by atoms with E-state index in [0.29, 0.717) is 6.54 Å². The summed E-state index contributed by atoms with van der Waals surface area (Å²) in [5.74, 6) is 0. The summed E-state index contributed by atoms with van der Waals surface area (Å²) in [6.45, 7) is 4.59. The molecule has 0 spiro atoms. The Morgan fingerprint density at radius 1 is 1.47 bits per heavy atom. The maximum Gasteiger partial charge on any atom is 0.248 e. The van der Waals surface area contributed by atoms with E-state index in [1.807, 2.05) is 18.4 Å². The molecule has 0 aliphatic rings. The predicted molar refractivity (Wildman–Crippen MR) is 70.6 cm³/mol.